The van der Waals surface area contributed by atoms with Gasteiger partial charge in [0.2, 0.25) is 0 Å². The Bertz CT molecular complexity index is 756. The zero-order valence-electron chi connectivity index (χ0n) is 11.3. The Labute approximate surface area is 126 Å². The van der Waals surface area contributed by atoms with E-state index < -0.39 is 0 Å². The third-order valence-corrected chi connectivity index (χ3v) is 4.80. The average Bonchev–Trinajstić information content (AvgIpc) is 2.83. The van der Waals surface area contributed by atoms with E-state index in [1.165, 1.54) is 29.6 Å². The van der Waals surface area contributed by atoms with E-state index in [-0.39, 0.29) is 11.5 Å². The smallest absolute Gasteiger partial charge is 0.134 e. The van der Waals surface area contributed by atoms with Gasteiger partial charge in [0.1, 0.15) is 22.6 Å². The summed E-state index contributed by atoms with van der Waals surface area (Å²) in [6, 6.07) is 6.61. The summed E-state index contributed by atoms with van der Waals surface area (Å²) in [5, 5.41) is 29.1. The van der Waals surface area contributed by atoms with Crippen molar-refractivity contribution in [3.63, 3.8) is 0 Å². The number of aryl methyl sites for hydroxylation is 1. The van der Waals surface area contributed by atoms with E-state index in [2.05, 4.69) is 11.1 Å². The van der Waals surface area contributed by atoms with E-state index in [0.717, 1.165) is 24.8 Å². The summed E-state index contributed by atoms with van der Waals surface area (Å²) in [7, 11) is 0. The lowest BCUT2D eigenvalue weighted by molar-refractivity contribution is 0.450. The van der Waals surface area contributed by atoms with Gasteiger partial charge < -0.3 is 10.2 Å². The van der Waals surface area contributed by atoms with E-state index in [1.807, 2.05) is 0 Å². The Hall–Kier alpha value is -2.32. The molecule has 5 heteroatoms. The molecule has 1 aliphatic carbocycles. The van der Waals surface area contributed by atoms with E-state index in [1.54, 1.807) is 17.4 Å². The van der Waals surface area contributed by atoms with Crippen molar-refractivity contribution >= 4 is 22.6 Å². The molecule has 0 spiro atoms. The number of aromatic hydroxyl groups is 2. The highest BCUT2D eigenvalue weighted by Gasteiger charge is 2.20. The number of rotatable bonds is 2. The molecule has 1 aliphatic rings. The molecule has 0 bridgehead atoms. The molecule has 2 aromatic rings. The number of hydrogen-bond acceptors (Lipinski definition) is 5. The van der Waals surface area contributed by atoms with Gasteiger partial charge in [0.15, 0.2) is 0 Å². The summed E-state index contributed by atoms with van der Waals surface area (Å²) in [4.78, 5) is 5.64. The molecule has 0 saturated heterocycles. The molecule has 0 saturated carbocycles. The van der Waals surface area contributed by atoms with Crippen LogP contribution in [0.3, 0.4) is 0 Å². The van der Waals surface area contributed by atoms with Gasteiger partial charge in [-0.1, -0.05) is 0 Å². The van der Waals surface area contributed by atoms with Gasteiger partial charge in [-0.15, -0.1) is 11.3 Å². The molecule has 21 heavy (non-hydrogen) atoms. The molecule has 4 nitrogen and oxygen atoms in total. The lowest BCUT2D eigenvalue weighted by Crippen LogP contribution is -1.99. The van der Waals surface area contributed by atoms with Crippen molar-refractivity contribution in [3.8, 4) is 17.6 Å². The largest absolute Gasteiger partial charge is 0.508 e. The van der Waals surface area contributed by atoms with Crippen molar-refractivity contribution in [2.75, 3.05) is 0 Å². The standard InChI is InChI=1S/C16H14N2O2S/c17-8-13-12-3-1-2-4-15(12)21-16(13)18-9-10-5-6-11(19)7-14(10)20/h5-7,9,19-20H,1-4H2. The van der Waals surface area contributed by atoms with Crippen LogP contribution in [0.2, 0.25) is 0 Å². The van der Waals surface area contributed by atoms with Crippen molar-refractivity contribution in [3.05, 3.63) is 39.8 Å². The summed E-state index contributed by atoms with van der Waals surface area (Å²) >= 11 is 1.56. The predicted molar refractivity (Wildman–Crippen MR) is 82.7 cm³/mol. The summed E-state index contributed by atoms with van der Waals surface area (Å²) in [5.74, 6) is -0.0208. The monoisotopic (exact) mass is 298 g/mol. The minimum Gasteiger partial charge on any atom is -0.508 e. The lowest BCUT2D eigenvalue weighted by atomic mass is 9.96. The second kappa shape index (κ2) is 5.58. The highest BCUT2D eigenvalue weighted by molar-refractivity contribution is 7.16. The number of nitriles is 1. The number of phenolic OH excluding ortho intramolecular Hbond substituents is 2. The first kappa shape index (κ1) is 13.7. The molecule has 3 rings (SSSR count). The fraction of sp³-hybridized carbons (Fsp3) is 0.250. The minimum absolute atomic E-state index is 0.00829. The second-order valence-corrected chi connectivity index (χ2v) is 6.09. The van der Waals surface area contributed by atoms with Crippen LogP contribution in [0, 0.1) is 11.3 Å². The van der Waals surface area contributed by atoms with Gasteiger partial charge in [-0.05, 0) is 43.4 Å². The minimum atomic E-state index is -0.0291. The van der Waals surface area contributed by atoms with Crippen LogP contribution >= 0.6 is 11.3 Å². The Morgan fingerprint density at radius 2 is 2.05 bits per heavy atom. The summed E-state index contributed by atoms with van der Waals surface area (Å²) in [6.45, 7) is 0. The molecule has 1 aromatic heterocycles. The van der Waals surface area contributed by atoms with Crippen molar-refractivity contribution in [2.24, 2.45) is 4.99 Å². The zero-order chi connectivity index (χ0) is 14.8. The highest BCUT2D eigenvalue weighted by atomic mass is 32.1. The third-order valence-electron chi connectivity index (χ3n) is 3.60. The molecule has 0 unspecified atom stereocenters. The molecule has 0 aliphatic heterocycles. The van der Waals surface area contributed by atoms with Crippen molar-refractivity contribution < 1.29 is 10.2 Å². The van der Waals surface area contributed by atoms with Crippen LogP contribution in [0.15, 0.2) is 23.2 Å². The maximum absolute atomic E-state index is 9.75. The van der Waals surface area contributed by atoms with Crippen LogP contribution in [0.4, 0.5) is 5.00 Å². The molecule has 0 radical (unpaired) electrons. The second-order valence-electron chi connectivity index (χ2n) is 5.00. The van der Waals surface area contributed by atoms with Gasteiger partial charge in [-0.25, -0.2) is 4.99 Å². The van der Waals surface area contributed by atoms with Gasteiger partial charge in [-0.3, -0.25) is 0 Å². The Balaban J connectivity index is 1.96. The fourth-order valence-corrected chi connectivity index (χ4v) is 3.71. The van der Waals surface area contributed by atoms with E-state index in [9.17, 15) is 15.5 Å². The van der Waals surface area contributed by atoms with Crippen LogP contribution in [0.25, 0.3) is 0 Å². The van der Waals surface area contributed by atoms with Crippen molar-refractivity contribution in [1.29, 1.82) is 5.26 Å². The Kier molecular flexibility index (Phi) is 3.63. The molecule has 1 aromatic carbocycles. The molecule has 0 atom stereocenters. The molecule has 106 valence electrons. The number of aliphatic imine (C=N–C) groups is 1. The van der Waals surface area contributed by atoms with Gasteiger partial charge >= 0.3 is 0 Å². The molecule has 0 amide bonds. The molecular formula is C16H14N2O2S. The first-order valence-electron chi connectivity index (χ1n) is 6.79. The normalized spacial score (nSPS) is 14.0. The lowest BCUT2D eigenvalue weighted by Gasteiger charge is -2.09. The predicted octanol–water partition coefficient (Wildman–Crippen LogP) is 3.66. The van der Waals surface area contributed by atoms with Crippen LogP contribution in [0.5, 0.6) is 11.5 Å². The third kappa shape index (κ3) is 2.63. The summed E-state index contributed by atoms with van der Waals surface area (Å²) < 4.78 is 0. The number of hydrogen-bond donors (Lipinski definition) is 2. The number of thiophene rings is 1. The average molecular weight is 298 g/mol. The van der Waals surface area contributed by atoms with Gasteiger partial charge in [0.05, 0.1) is 5.56 Å². The van der Waals surface area contributed by atoms with Crippen LogP contribution in [-0.4, -0.2) is 16.4 Å². The van der Waals surface area contributed by atoms with Gasteiger partial charge in [0, 0.05) is 22.7 Å². The topological polar surface area (TPSA) is 76.6 Å². The summed E-state index contributed by atoms with van der Waals surface area (Å²) in [5.41, 5.74) is 2.34. The van der Waals surface area contributed by atoms with E-state index >= 15 is 0 Å². The van der Waals surface area contributed by atoms with E-state index in [4.69, 9.17) is 0 Å². The Morgan fingerprint density at radius 3 is 2.81 bits per heavy atom. The number of benzene rings is 1. The highest BCUT2D eigenvalue weighted by Crippen LogP contribution is 2.39. The van der Waals surface area contributed by atoms with Crippen LogP contribution < -0.4 is 0 Å². The number of nitrogens with zero attached hydrogens (tertiary/aromatic N) is 2. The molecule has 0 fully saturated rings. The maximum atomic E-state index is 9.75. The number of phenols is 2. The maximum Gasteiger partial charge on any atom is 0.134 e. The van der Waals surface area contributed by atoms with Crippen LogP contribution in [-0.2, 0) is 12.8 Å². The van der Waals surface area contributed by atoms with E-state index in [0.29, 0.717) is 16.1 Å². The molecule has 2 N–H and O–H groups in total. The van der Waals surface area contributed by atoms with Crippen molar-refractivity contribution in [2.45, 2.75) is 25.7 Å². The molecule has 1 heterocycles. The SMILES string of the molecule is N#Cc1c(N=Cc2ccc(O)cc2O)sc2c1CCCC2. The Morgan fingerprint density at radius 1 is 1.24 bits per heavy atom. The number of fused-ring (bicyclic) bond motifs is 1. The van der Waals surface area contributed by atoms with Crippen molar-refractivity contribution in [1.82, 2.24) is 0 Å². The zero-order valence-corrected chi connectivity index (χ0v) is 12.2. The fourth-order valence-electron chi connectivity index (χ4n) is 2.53. The first-order valence-corrected chi connectivity index (χ1v) is 7.61. The van der Waals surface area contributed by atoms with Gasteiger partial charge in [-0.2, -0.15) is 5.26 Å². The molecular weight excluding hydrogens is 284 g/mol. The summed E-state index contributed by atoms with van der Waals surface area (Å²) in [6.07, 6.45) is 5.80. The first-order chi connectivity index (χ1) is 10.2. The van der Waals surface area contributed by atoms with Gasteiger partial charge in [0.25, 0.3) is 0 Å². The quantitative estimate of drug-likeness (QED) is 0.831. The van der Waals surface area contributed by atoms with Crippen LogP contribution in [0.1, 0.15) is 34.4 Å².